The Labute approximate surface area is 90.6 Å². The Morgan fingerprint density at radius 2 is 2.13 bits per heavy atom. The van der Waals surface area contributed by atoms with Crippen molar-refractivity contribution in [2.24, 2.45) is 0 Å². The molecule has 2 heterocycles. The van der Waals surface area contributed by atoms with Crippen molar-refractivity contribution in [3.63, 3.8) is 0 Å². The highest BCUT2D eigenvalue weighted by atomic mass is 16.3. The van der Waals surface area contributed by atoms with Crippen LogP contribution in [-0.4, -0.2) is 46.7 Å². The van der Waals surface area contributed by atoms with Crippen LogP contribution < -0.4 is 5.32 Å². The smallest absolute Gasteiger partial charge is 0.242 e. The van der Waals surface area contributed by atoms with Crippen molar-refractivity contribution < 1.29 is 9.90 Å². The number of carbonyl (C=O) groups excluding carboxylic acids is 1. The zero-order chi connectivity index (χ0) is 11.1. The van der Waals surface area contributed by atoms with Crippen LogP contribution in [0.1, 0.15) is 33.1 Å². The van der Waals surface area contributed by atoms with Crippen LogP contribution in [0.3, 0.4) is 0 Å². The Balaban J connectivity index is 2.03. The second-order valence-corrected chi connectivity index (χ2v) is 5.34. The molecule has 4 nitrogen and oxygen atoms in total. The van der Waals surface area contributed by atoms with Gasteiger partial charge in [0.25, 0.3) is 0 Å². The number of rotatable bonds is 1. The molecule has 0 saturated carbocycles. The lowest BCUT2D eigenvalue weighted by atomic mass is 9.98. The van der Waals surface area contributed by atoms with Crippen LogP contribution in [0.4, 0.5) is 0 Å². The molecule has 1 amide bonds. The van der Waals surface area contributed by atoms with Crippen LogP contribution in [0.5, 0.6) is 0 Å². The molecule has 2 aliphatic heterocycles. The van der Waals surface area contributed by atoms with E-state index in [9.17, 15) is 9.90 Å². The van der Waals surface area contributed by atoms with Gasteiger partial charge in [0.2, 0.25) is 5.91 Å². The van der Waals surface area contributed by atoms with Gasteiger partial charge in [0.05, 0.1) is 11.1 Å². The number of aliphatic hydroxyl groups is 1. The molecule has 15 heavy (non-hydrogen) atoms. The fourth-order valence-electron chi connectivity index (χ4n) is 2.54. The van der Waals surface area contributed by atoms with E-state index >= 15 is 0 Å². The van der Waals surface area contributed by atoms with Crippen LogP contribution in [0.25, 0.3) is 0 Å². The number of likely N-dealkylation sites (tertiary alicyclic amines) is 1. The molecular weight excluding hydrogens is 192 g/mol. The van der Waals surface area contributed by atoms with Gasteiger partial charge in [-0.05, 0) is 39.7 Å². The molecule has 0 aliphatic carbocycles. The average Bonchev–Trinajstić information content (AvgIpc) is 2.72. The summed E-state index contributed by atoms with van der Waals surface area (Å²) in [6.45, 7) is 5.85. The number of nitrogens with zero attached hydrogens (tertiary/aromatic N) is 1. The maximum absolute atomic E-state index is 12.2. The molecule has 0 aromatic carbocycles. The zero-order valence-corrected chi connectivity index (χ0v) is 9.55. The number of nitrogens with one attached hydrogen (secondary N) is 1. The molecule has 4 heteroatoms. The predicted octanol–water partition coefficient (Wildman–Crippen LogP) is 0.112. The molecule has 2 rings (SSSR count). The summed E-state index contributed by atoms with van der Waals surface area (Å²) in [4.78, 5) is 14.0. The molecule has 86 valence electrons. The number of hydrogen-bond acceptors (Lipinski definition) is 3. The van der Waals surface area contributed by atoms with Gasteiger partial charge in [-0.3, -0.25) is 4.79 Å². The van der Waals surface area contributed by atoms with Crippen LogP contribution >= 0.6 is 0 Å². The maximum Gasteiger partial charge on any atom is 0.242 e. The van der Waals surface area contributed by atoms with Crippen molar-refractivity contribution in [3.05, 3.63) is 0 Å². The van der Waals surface area contributed by atoms with Gasteiger partial charge in [0.1, 0.15) is 0 Å². The largest absolute Gasteiger partial charge is 0.388 e. The third-order valence-electron chi connectivity index (χ3n) is 3.58. The third-order valence-corrected chi connectivity index (χ3v) is 3.58. The lowest BCUT2D eigenvalue weighted by Gasteiger charge is -2.29. The highest BCUT2D eigenvalue weighted by Crippen LogP contribution is 2.26. The summed E-state index contributed by atoms with van der Waals surface area (Å²) in [6, 6.07) is 0. The van der Waals surface area contributed by atoms with Crippen molar-refractivity contribution >= 4 is 5.91 Å². The summed E-state index contributed by atoms with van der Waals surface area (Å²) < 4.78 is 0. The summed E-state index contributed by atoms with van der Waals surface area (Å²) in [7, 11) is 0. The Morgan fingerprint density at radius 1 is 1.40 bits per heavy atom. The zero-order valence-electron chi connectivity index (χ0n) is 9.55. The van der Waals surface area contributed by atoms with Crippen LogP contribution in [0, 0.1) is 0 Å². The number of hydrogen-bond donors (Lipinski definition) is 2. The second kappa shape index (κ2) is 3.46. The topological polar surface area (TPSA) is 52.6 Å². The molecule has 0 aromatic heterocycles. The van der Waals surface area contributed by atoms with Gasteiger partial charge < -0.3 is 15.3 Å². The number of amides is 1. The lowest BCUT2D eigenvalue weighted by Crippen LogP contribution is -2.52. The molecule has 2 unspecified atom stereocenters. The van der Waals surface area contributed by atoms with E-state index in [-0.39, 0.29) is 11.4 Å². The predicted molar refractivity (Wildman–Crippen MR) is 57.5 cm³/mol. The minimum absolute atomic E-state index is 0.151. The first-order chi connectivity index (χ1) is 6.93. The maximum atomic E-state index is 12.2. The van der Waals surface area contributed by atoms with E-state index in [1.807, 2.05) is 6.92 Å². The normalized spacial score (nSPS) is 41.1. The molecule has 0 spiro atoms. The molecular formula is C11H20N2O2. The SMILES string of the molecule is CC1(O)CCN(C(=O)C2(C)CCCN2)C1. The molecule has 2 saturated heterocycles. The van der Waals surface area contributed by atoms with Crippen LogP contribution in [0.15, 0.2) is 0 Å². The van der Waals surface area contributed by atoms with E-state index in [0.29, 0.717) is 19.5 Å². The average molecular weight is 212 g/mol. The van der Waals surface area contributed by atoms with E-state index in [0.717, 1.165) is 19.4 Å². The van der Waals surface area contributed by atoms with E-state index in [2.05, 4.69) is 5.32 Å². The summed E-state index contributed by atoms with van der Waals surface area (Å²) >= 11 is 0. The monoisotopic (exact) mass is 212 g/mol. The van der Waals surface area contributed by atoms with Gasteiger partial charge >= 0.3 is 0 Å². The first-order valence-corrected chi connectivity index (χ1v) is 5.70. The van der Waals surface area contributed by atoms with E-state index in [1.54, 1.807) is 11.8 Å². The van der Waals surface area contributed by atoms with Crippen molar-refractivity contribution in [1.82, 2.24) is 10.2 Å². The highest BCUT2D eigenvalue weighted by molar-refractivity contribution is 5.86. The van der Waals surface area contributed by atoms with Crippen LogP contribution in [0.2, 0.25) is 0 Å². The Kier molecular flexibility index (Phi) is 2.51. The van der Waals surface area contributed by atoms with E-state index < -0.39 is 5.60 Å². The quantitative estimate of drug-likeness (QED) is 0.649. The molecule has 2 aliphatic rings. The summed E-state index contributed by atoms with van der Waals surface area (Å²) in [6.07, 6.45) is 2.66. The minimum Gasteiger partial charge on any atom is -0.388 e. The van der Waals surface area contributed by atoms with Gasteiger partial charge in [-0.1, -0.05) is 0 Å². The van der Waals surface area contributed by atoms with E-state index in [1.165, 1.54) is 0 Å². The summed E-state index contributed by atoms with van der Waals surface area (Å²) in [5, 5.41) is 13.1. The molecule has 0 aromatic rings. The van der Waals surface area contributed by atoms with E-state index in [4.69, 9.17) is 0 Å². The standard InChI is InChI=1S/C11H20N2O2/c1-10(15)5-7-13(8-10)9(14)11(2)4-3-6-12-11/h12,15H,3-8H2,1-2H3. The Bertz CT molecular complexity index is 270. The highest BCUT2D eigenvalue weighted by Gasteiger charge is 2.43. The summed E-state index contributed by atoms with van der Waals surface area (Å²) in [5.74, 6) is 0.151. The lowest BCUT2D eigenvalue weighted by molar-refractivity contribution is -0.137. The molecule has 2 fully saturated rings. The van der Waals surface area contributed by atoms with Gasteiger partial charge in [-0.2, -0.15) is 0 Å². The molecule has 2 N–H and O–H groups in total. The Hall–Kier alpha value is -0.610. The van der Waals surface area contributed by atoms with Gasteiger partial charge in [0, 0.05) is 13.1 Å². The van der Waals surface area contributed by atoms with Gasteiger partial charge in [0.15, 0.2) is 0 Å². The van der Waals surface area contributed by atoms with Crippen molar-refractivity contribution in [3.8, 4) is 0 Å². The number of β-amino-alcohol motifs (C(OH)–C–C–N with tert-alkyl or cyclic N) is 1. The number of carbonyl (C=O) groups is 1. The molecule has 2 atom stereocenters. The molecule has 0 bridgehead atoms. The van der Waals surface area contributed by atoms with Gasteiger partial charge in [-0.25, -0.2) is 0 Å². The van der Waals surface area contributed by atoms with Crippen molar-refractivity contribution in [2.75, 3.05) is 19.6 Å². The molecule has 0 radical (unpaired) electrons. The minimum atomic E-state index is -0.690. The second-order valence-electron chi connectivity index (χ2n) is 5.34. The third kappa shape index (κ3) is 2.01. The van der Waals surface area contributed by atoms with Crippen molar-refractivity contribution in [2.45, 2.75) is 44.2 Å². The summed E-state index contributed by atoms with van der Waals surface area (Å²) in [5.41, 5.74) is -1.08. The fourth-order valence-corrected chi connectivity index (χ4v) is 2.54. The first-order valence-electron chi connectivity index (χ1n) is 5.70. The van der Waals surface area contributed by atoms with Crippen molar-refractivity contribution in [1.29, 1.82) is 0 Å². The fraction of sp³-hybridized carbons (Fsp3) is 0.909. The first kappa shape index (κ1) is 10.9. The Morgan fingerprint density at radius 3 is 2.60 bits per heavy atom. The van der Waals surface area contributed by atoms with Crippen LogP contribution in [-0.2, 0) is 4.79 Å². The van der Waals surface area contributed by atoms with Gasteiger partial charge in [-0.15, -0.1) is 0 Å².